The molecule has 1 aliphatic rings. The van der Waals surface area contributed by atoms with E-state index in [0.29, 0.717) is 18.7 Å². The van der Waals surface area contributed by atoms with Gasteiger partial charge in [0.1, 0.15) is 0 Å². The summed E-state index contributed by atoms with van der Waals surface area (Å²) in [6.07, 6.45) is 2.59. The molecule has 0 spiro atoms. The quantitative estimate of drug-likeness (QED) is 0.697. The lowest BCUT2D eigenvalue weighted by Gasteiger charge is -2.17. The summed E-state index contributed by atoms with van der Waals surface area (Å²) < 4.78 is 0. The van der Waals surface area contributed by atoms with Crippen molar-refractivity contribution in [1.29, 1.82) is 0 Å². The van der Waals surface area contributed by atoms with Crippen molar-refractivity contribution in [2.75, 3.05) is 33.2 Å². The van der Waals surface area contributed by atoms with Gasteiger partial charge in [-0.3, -0.25) is 9.69 Å². The van der Waals surface area contributed by atoms with Crippen LogP contribution in [0.5, 0.6) is 0 Å². The normalized spacial score (nSPS) is 19.8. The number of nitrogens with zero attached hydrogens (tertiary/aromatic N) is 2. The molecule has 0 saturated carbocycles. The van der Waals surface area contributed by atoms with Gasteiger partial charge in [0.2, 0.25) is 5.91 Å². The third-order valence-electron chi connectivity index (χ3n) is 2.75. The van der Waals surface area contributed by atoms with Crippen molar-refractivity contribution in [2.24, 2.45) is 0 Å². The van der Waals surface area contributed by atoms with Gasteiger partial charge in [0.05, 0.1) is 6.54 Å². The zero-order chi connectivity index (χ0) is 12.1. The van der Waals surface area contributed by atoms with Crippen LogP contribution in [0.15, 0.2) is 11.6 Å². The molecule has 1 heterocycles. The molecule has 0 aliphatic carbocycles. The van der Waals surface area contributed by atoms with Gasteiger partial charge in [0.25, 0.3) is 0 Å². The first-order valence-electron chi connectivity index (χ1n) is 5.37. The van der Waals surface area contributed by atoms with Crippen LogP contribution in [0.3, 0.4) is 0 Å². The number of carbonyl (C=O) groups excluding carboxylic acids is 1. The molecule has 1 N–H and O–H groups in total. The van der Waals surface area contributed by atoms with Crippen molar-refractivity contribution < 1.29 is 14.7 Å². The van der Waals surface area contributed by atoms with E-state index in [1.165, 1.54) is 0 Å². The van der Waals surface area contributed by atoms with Gasteiger partial charge in [0, 0.05) is 32.3 Å². The Labute approximate surface area is 95.3 Å². The molecule has 1 rings (SSSR count). The smallest absolute Gasteiger partial charge is 0.330 e. The van der Waals surface area contributed by atoms with Gasteiger partial charge >= 0.3 is 5.97 Å². The number of amides is 1. The molecule has 5 heteroatoms. The second-order valence-electron chi connectivity index (χ2n) is 4.10. The van der Waals surface area contributed by atoms with Crippen molar-refractivity contribution in [1.82, 2.24) is 9.80 Å². The van der Waals surface area contributed by atoms with E-state index < -0.39 is 5.97 Å². The predicted molar refractivity (Wildman–Crippen MR) is 60.1 cm³/mol. The molecular weight excluding hydrogens is 208 g/mol. The van der Waals surface area contributed by atoms with E-state index in [9.17, 15) is 9.59 Å². The first-order valence-corrected chi connectivity index (χ1v) is 5.37. The number of carboxylic acid groups (broad SMARTS) is 1. The van der Waals surface area contributed by atoms with E-state index >= 15 is 0 Å². The Balaban J connectivity index is 2.52. The molecule has 90 valence electrons. The molecule has 5 nitrogen and oxygen atoms in total. The van der Waals surface area contributed by atoms with Crippen molar-refractivity contribution in [3.05, 3.63) is 11.6 Å². The van der Waals surface area contributed by atoms with Crippen LogP contribution in [-0.2, 0) is 9.59 Å². The Morgan fingerprint density at radius 3 is 2.81 bits per heavy atom. The molecule has 1 fully saturated rings. The summed E-state index contributed by atoms with van der Waals surface area (Å²) in [6.45, 7) is 4.07. The monoisotopic (exact) mass is 226 g/mol. The van der Waals surface area contributed by atoms with E-state index in [2.05, 4.69) is 0 Å². The highest BCUT2D eigenvalue weighted by atomic mass is 16.4. The fourth-order valence-electron chi connectivity index (χ4n) is 1.56. The minimum atomic E-state index is -0.904. The lowest BCUT2D eigenvalue weighted by molar-refractivity contribution is -0.132. The summed E-state index contributed by atoms with van der Waals surface area (Å²) in [5.41, 5.74) is 0.324. The third kappa shape index (κ3) is 3.66. The number of hydrogen-bond donors (Lipinski definition) is 1. The zero-order valence-electron chi connectivity index (χ0n) is 9.77. The summed E-state index contributed by atoms with van der Waals surface area (Å²) >= 11 is 0. The van der Waals surface area contributed by atoms with Gasteiger partial charge in [0.15, 0.2) is 0 Å². The SMILES string of the molecule is C/C(=C/CN1CCCN(C)C(=O)C1)C(=O)O. The second kappa shape index (κ2) is 5.65. The summed E-state index contributed by atoms with van der Waals surface area (Å²) in [4.78, 5) is 25.8. The number of rotatable bonds is 3. The number of carboxylic acids is 1. The third-order valence-corrected chi connectivity index (χ3v) is 2.75. The van der Waals surface area contributed by atoms with Crippen LogP contribution in [0.2, 0.25) is 0 Å². The minimum absolute atomic E-state index is 0.0962. The maximum atomic E-state index is 11.6. The molecule has 0 bridgehead atoms. The highest BCUT2D eigenvalue weighted by molar-refractivity contribution is 5.85. The van der Waals surface area contributed by atoms with Crippen LogP contribution in [0, 0.1) is 0 Å². The summed E-state index contributed by atoms with van der Waals surface area (Å²) in [5, 5.41) is 8.70. The minimum Gasteiger partial charge on any atom is -0.478 e. The van der Waals surface area contributed by atoms with E-state index in [4.69, 9.17) is 5.11 Å². The standard InChI is InChI=1S/C11H18N2O3/c1-9(11(15)16)4-7-13-6-3-5-12(2)10(14)8-13/h4H,3,5-8H2,1-2H3,(H,15,16)/b9-4-. The number of carbonyl (C=O) groups is 2. The van der Waals surface area contributed by atoms with Crippen LogP contribution >= 0.6 is 0 Å². The van der Waals surface area contributed by atoms with Crippen LogP contribution in [-0.4, -0.2) is 60.0 Å². The van der Waals surface area contributed by atoms with E-state index in [1.54, 1.807) is 24.9 Å². The topological polar surface area (TPSA) is 60.9 Å². The van der Waals surface area contributed by atoms with Crippen LogP contribution in [0.1, 0.15) is 13.3 Å². The fraction of sp³-hybridized carbons (Fsp3) is 0.636. The number of hydrogen-bond acceptors (Lipinski definition) is 3. The van der Waals surface area contributed by atoms with Gasteiger partial charge in [-0.2, -0.15) is 0 Å². The largest absolute Gasteiger partial charge is 0.478 e. The Kier molecular flexibility index (Phi) is 4.49. The first kappa shape index (κ1) is 12.7. The lowest BCUT2D eigenvalue weighted by Crippen LogP contribution is -2.34. The van der Waals surface area contributed by atoms with Crippen LogP contribution in [0.4, 0.5) is 0 Å². The van der Waals surface area contributed by atoms with Gasteiger partial charge in [-0.15, -0.1) is 0 Å². The maximum Gasteiger partial charge on any atom is 0.330 e. The lowest BCUT2D eigenvalue weighted by atomic mass is 10.2. The average molecular weight is 226 g/mol. The maximum absolute atomic E-state index is 11.6. The molecule has 0 aromatic rings. The predicted octanol–water partition coefficient (Wildman–Crippen LogP) is 0.181. The molecule has 0 atom stereocenters. The van der Waals surface area contributed by atoms with E-state index in [1.807, 2.05) is 4.90 Å². The van der Waals surface area contributed by atoms with Gasteiger partial charge < -0.3 is 10.0 Å². The fourth-order valence-corrected chi connectivity index (χ4v) is 1.56. The van der Waals surface area contributed by atoms with Gasteiger partial charge in [-0.05, 0) is 13.3 Å². The highest BCUT2D eigenvalue weighted by Gasteiger charge is 2.17. The van der Waals surface area contributed by atoms with Gasteiger partial charge in [-0.25, -0.2) is 4.79 Å². The molecule has 1 aliphatic heterocycles. The first-order chi connectivity index (χ1) is 7.50. The van der Waals surface area contributed by atoms with Crippen molar-refractivity contribution >= 4 is 11.9 Å². The molecule has 0 aromatic carbocycles. The van der Waals surface area contributed by atoms with E-state index in [-0.39, 0.29) is 5.91 Å². The summed E-state index contributed by atoms with van der Waals surface area (Å²) in [7, 11) is 1.80. The Bertz CT molecular complexity index is 312. The van der Waals surface area contributed by atoms with E-state index in [0.717, 1.165) is 19.5 Å². The summed E-state index contributed by atoms with van der Waals surface area (Å²) in [5.74, 6) is -0.808. The van der Waals surface area contributed by atoms with Crippen molar-refractivity contribution in [2.45, 2.75) is 13.3 Å². The Hall–Kier alpha value is -1.36. The average Bonchev–Trinajstić information content (AvgIpc) is 2.38. The highest BCUT2D eigenvalue weighted by Crippen LogP contribution is 2.03. The van der Waals surface area contributed by atoms with Crippen LogP contribution in [0.25, 0.3) is 0 Å². The molecular formula is C11H18N2O3. The van der Waals surface area contributed by atoms with Crippen molar-refractivity contribution in [3.63, 3.8) is 0 Å². The van der Waals surface area contributed by atoms with Crippen LogP contribution < -0.4 is 0 Å². The molecule has 0 radical (unpaired) electrons. The molecule has 16 heavy (non-hydrogen) atoms. The number of likely N-dealkylation sites (N-methyl/N-ethyl adjacent to an activating group) is 1. The molecule has 1 amide bonds. The molecule has 0 unspecified atom stereocenters. The molecule has 1 saturated heterocycles. The number of aliphatic carboxylic acids is 1. The van der Waals surface area contributed by atoms with Crippen molar-refractivity contribution in [3.8, 4) is 0 Å². The zero-order valence-corrected chi connectivity index (χ0v) is 9.77. The molecule has 0 aromatic heterocycles. The van der Waals surface area contributed by atoms with Gasteiger partial charge in [-0.1, -0.05) is 6.08 Å². The second-order valence-corrected chi connectivity index (χ2v) is 4.10. The summed E-state index contributed by atoms with van der Waals surface area (Å²) in [6, 6.07) is 0. The Morgan fingerprint density at radius 2 is 2.19 bits per heavy atom. The Morgan fingerprint density at radius 1 is 1.50 bits per heavy atom.